The predicted octanol–water partition coefficient (Wildman–Crippen LogP) is 16.0. The van der Waals surface area contributed by atoms with Crippen LogP contribution in [0, 0.1) is 0 Å². The summed E-state index contributed by atoms with van der Waals surface area (Å²) in [6.07, 6.45) is 0. The van der Waals surface area contributed by atoms with Crippen molar-refractivity contribution in [2.45, 2.75) is 5.41 Å². The maximum atomic E-state index is 6.53. The average molecular weight is 791 g/mol. The SMILES string of the molecule is c1ccc(N(c2ccccc2)c2ccc3c(c2)-c2ccccc2C32c3ccccc3-c3c2cc(N(c2ccccc2)c2cccc4oc5ccccc5c24)c2ccccc32)cc1. The fourth-order valence-electron chi connectivity index (χ4n) is 10.8. The fourth-order valence-corrected chi connectivity index (χ4v) is 10.8. The van der Waals surface area contributed by atoms with E-state index in [-0.39, 0.29) is 0 Å². The summed E-state index contributed by atoms with van der Waals surface area (Å²) in [6, 6.07) is 84.0. The van der Waals surface area contributed by atoms with Crippen molar-refractivity contribution in [2.75, 3.05) is 9.80 Å². The highest BCUT2D eigenvalue weighted by molar-refractivity contribution is 6.17. The van der Waals surface area contributed by atoms with E-state index in [1.807, 2.05) is 6.07 Å². The minimum atomic E-state index is -0.573. The monoisotopic (exact) mass is 790 g/mol. The van der Waals surface area contributed by atoms with Gasteiger partial charge in [0.2, 0.25) is 0 Å². The minimum absolute atomic E-state index is 0.573. The number of hydrogen-bond acceptors (Lipinski definition) is 3. The number of nitrogens with zero attached hydrogens (tertiary/aromatic N) is 2. The zero-order valence-electron chi connectivity index (χ0n) is 33.7. The first-order chi connectivity index (χ1) is 30.8. The lowest BCUT2D eigenvalue weighted by atomic mass is 9.70. The van der Waals surface area contributed by atoms with E-state index < -0.39 is 5.41 Å². The highest BCUT2D eigenvalue weighted by Crippen LogP contribution is 2.65. The summed E-state index contributed by atoms with van der Waals surface area (Å²) in [6.45, 7) is 0. The van der Waals surface area contributed by atoms with E-state index in [1.54, 1.807) is 0 Å². The summed E-state index contributed by atoms with van der Waals surface area (Å²) >= 11 is 0. The zero-order chi connectivity index (χ0) is 40.8. The minimum Gasteiger partial charge on any atom is -0.456 e. The Balaban J connectivity index is 1.13. The van der Waals surface area contributed by atoms with Gasteiger partial charge in [0.15, 0.2) is 0 Å². The van der Waals surface area contributed by atoms with E-state index in [2.05, 4.69) is 234 Å². The van der Waals surface area contributed by atoms with Gasteiger partial charge in [0, 0.05) is 33.5 Å². The summed E-state index contributed by atoms with van der Waals surface area (Å²) in [4.78, 5) is 4.83. The molecule has 1 spiro atoms. The predicted molar refractivity (Wildman–Crippen MR) is 257 cm³/mol. The Morgan fingerprint density at radius 3 is 1.55 bits per heavy atom. The van der Waals surface area contributed by atoms with Crippen LogP contribution in [-0.2, 0) is 5.41 Å². The van der Waals surface area contributed by atoms with Gasteiger partial charge >= 0.3 is 0 Å². The molecule has 10 aromatic carbocycles. The van der Waals surface area contributed by atoms with Crippen molar-refractivity contribution in [3.63, 3.8) is 0 Å². The van der Waals surface area contributed by atoms with Gasteiger partial charge in [0.25, 0.3) is 0 Å². The largest absolute Gasteiger partial charge is 0.456 e. The number of para-hydroxylation sites is 4. The van der Waals surface area contributed by atoms with E-state index >= 15 is 0 Å². The molecule has 1 atom stereocenters. The number of fused-ring (bicyclic) bond motifs is 15. The fraction of sp³-hybridized carbons (Fsp3) is 0.0169. The molecule has 13 rings (SSSR count). The second-order valence-electron chi connectivity index (χ2n) is 16.4. The van der Waals surface area contributed by atoms with Crippen LogP contribution < -0.4 is 9.80 Å². The van der Waals surface area contributed by atoms with Crippen LogP contribution in [0.2, 0.25) is 0 Å². The van der Waals surface area contributed by atoms with Gasteiger partial charge in [0.05, 0.1) is 22.2 Å². The molecule has 62 heavy (non-hydrogen) atoms. The molecule has 0 N–H and O–H groups in total. The van der Waals surface area contributed by atoms with Crippen LogP contribution >= 0.6 is 0 Å². The van der Waals surface area contributed by atoms with Crippen molar-refractivity contribution >= 4 is 66.8 Å². The van der Waals surface area contributed by atoms with Crippen LogP contribution in [0.1, 0.15) is 22.3 Å². The van der Waals surface area contributed by atoms with Crippen LogP contribution in [0.5, 0.6) is 0 Å². The smallest absolute Gasteiger partial charge is 0.137 e. The Bertz CT molecular complexity index is 3500. The van der Waals surface area contributed by atoms with Gasteiger partial charge in [-0.05, 0) is 123 Å². The summed E-state index contributed by atoms with van der Waals surface area (Å²) in [5.74, 6) is 0. The average Bonchev–Trinajstić information content (AvgIpc) is 3.97. The van der Waals surface area contributed by atoms with E-state index in [0.29, 0.717) is 0 Å². The standard InChI is InChI=1S/C59H38N2O/c1-4-19-39(20-5-1)60(40-21-6-2-7-22-40)42-35-36-51-48(37-42)43-25-12-15-30-49(43)59(51)50-31-16-13-28-46(50)57-45-27-11-10-26-44(45)54(38-52(57)59)61(41-23-8-3-9-24-41)53-32-18-34-56-58(53)47-29-14-17-33-55(47)62-56/h1-38H. The molecule has 0 radical (unpaired) electrons. The van der Waals surface area contributed by atoms with Gasteiger partial charge in [-0.1, -0.05) is 158 Å². The van der Waals surface area contributed by atoms with Crippen molar-refractivity contribution in [3.05, 3.63) is 253 Å². The molecule has 3 heteroatoms. The highest BCUT2D eigenvalue weighted by atomic mass is 16.3. The third kappa shape index (κ3) is 4.82. The van der Waals surface area contributed by atoms with Gasteiger partial charge in [-0.3, -0.25) is 0 Å². The second kappa shape index (κ2) is 13.4. The molecule has 2 aliphatic rings. The van der Waals surface area contributed by atoms with Gasteiger partial charge < -0.3 is 14.2 Å². The molecule has 0 amide bonds. The third-order valence-corrected chi connectivity index (χ3v) is 13.2. The number of furan rings is 1. The molecule has 0 fully saturated rings. The lowest BCUT2D eigenvalue weighted by Gasteiger charge is -2.33. The lowest BCUT2D eigenvalue weighted by Crippen LogP contribution is -2.26. The lowest BCUT2D eigenvalue weighted by molar-refractivity contribution is 0.669. The molecule has 1 unspecified atom stereocenters. The molecule has 0 saturated carbocycles. The number of rotatable bonds is 6. The third-order valence-electron chi connectivity index (χ3n) is 13.2. The molecular weight excluding hydrogens is 753 g/mol. The van der Waals surface area contributed by atoms with Crippen molar-refractivity contribution < 1.29 is 4.42 Å². The molecule has 1 heterocycles. The Kier molecular flexibility index (Phi) is 7.52. The van der Waals surface area contributed by atoms with Gasteiger partial charge in [-0.15, -0.1) is 0 Å². The molecule has 2 aliphatic carbocycles. The van der Waals surface area contributed by atoms with Crippen LogP contribution in [0.4, 0.5) is 34.1 Å². The maximum Gasteiger partial charge on any atom is 0.137 e. The highest BCUT2D eigenvalue weighted by Gasteiger charge is 2.52. The topological polar surface area (TPSA) is 19.6 Å². The maximum absolute atomic E-state index is 6.53. The quantitative estimate of drug-likeness (QED) is 0.167. The summed E-state index contributed by atoms with van der Waals surface area (Å²) in [7, 11) is 0. The Labute approximate surface area is 360 Å². The number of benzene rings is 10. The van der Waals surface area contributed by atoms with Crippen molar-refractivity contribution in [3.8, 4) is 22.3 Å². The van der Waals surface area contributed by atoms with Crippen molar-refractivity contribution in [2.24, 2.45) is 0 Å². The van der Waals surface area contributed by atoms with E-state index in [9.17, 15) is 0 Å². The van der Waals surface area contributed by atoms with Crippen LogP contribution in [0.25, 0.3) is 55.0 Å². The normalized spacial score (nSPS) is 14.5. The molecular formula is C59H38N2O. The summed E-state index contributed by atoms with van der Waals surface area (Å²) < 4.78 is 6.53. The number of anilines is 6. The summed E-state index contributed by atoms with van der Waals surface area (Å²) in [5.41, 5.74) is 18.1. The molecule has 0 saturated heterocycles. The van der Waals surface area contributed by atoms with Crippen LogP contribution in [0.3, 0.4) is 0 Å². The van der Waals surface area contributed by atoms with Crippen molar-refractivity contribution in [1.82, 2.24) is 0 Å². The van der Waals surface area contributed by atoms with Gasteiger partial charge in [-0.2, -0.15) is 0 Å². The summed E-state index contributed by atoms with van der Waals surface area (Å²) in [5, 5.41) is 4.62. The first-order valence-electron chi connectivity index (χ1n) is 21.4. The molecule has 290 valence electrons. The van der Waals surface area contributed by atoms with Gasteiger partial charge in [-0.25, -0.2) is 0 Å². The Hall–Kier alpha value is -8.14. The number of hydrogen-bond donors (Lipinski definition) is 0. The zero-order valence-corrected chi connectivity index (χ0v) is 33.7. The van der Waals surface area contributed by atoms with Crippen LogP contribution in [-0.4, -0.2) is 0 Å². The van der Waals surface area contributed by atoms with E-state index in [1.165, 1.54) is 55.3 Å². The second-order valence-corrected chi connectivity index (χ2v) is 16.4. The molecule has 1 aromatic heterocycles. The van der Waals surface area contributed by atoms with Gasteiger partial charge in [0.1, 0.15) is 11.2 Å². The molecule has 11 aromatic rings. The molecule has 0 aliphatic heterocycles. The molecule has 0 bridgehead atoms. The van der Waals surface area contributed by atoms with E-state index in [4.69, 9.17) is 4.42 Å². The molecule has 3 nitrogen and oxygen atoms in total. The Morgan fingerprint density at radius 1 is 0.306 bits per heavy atom. The van der Waals surface area contributed by atoms with Crippen LogP contribution in [0.15, 0.2) is 235 Å². The van der Waals surface area contributed by atoms with E-state index in [0.717, 1.165) is 56.1 Å². The first-order valence-corrected chi connectivity index (χ1v) is 21.4. The first kappa shape index (κ1) is 34.7. The van der Waals surface area contributed by atoms with Crippen molar-refractivity contribution in [1.29, 1.82) is 0 Å². The Morgan fingerprint density at radius 2 is 0.839 bits per heavy atom.